The molecular formula is C27H34O2. The van der Waals surface area contributed by atoms with Crippen LogP contribution >= 0.6 is 0 Å². The fraction of sp³-hybridized carbons (Fsp3) is 0.630. The van der Waals surface area contributed by atoms with Crippen molar-refractivity contribution < 1.29 is 9.59 Å². The Morgan fingerprint density at radius 2 is 1.72 bits per heavy atom. The zero-order valence-corrected chi connectivity index (χ0v) is 18.0. The summed E-state index contributed by atoms with van der Waals surface area (Å²) in [5.41, 5.74) is 2.76. The molecule has 1 aromatic carbocycles. The van der Waals surface area contributed by atoms with Crippen molar-refractivity contribution in [2.45, 2.75) is 71.6 Å². The molecule has 6 atom stereocenters. The summed E-state index contributed by atoms with van der Waals surface area (Å²) in [6.07, 6.45) is 11.3. The van der Waals surface area contributed by atoms with Gasteiger partial charge in [-0.3, -0.25) is 9.59 Å². The first-order valence-electron chi connectivity index (χ1n) is 11.7. The van der Waals surface area contributed by atoms with Crippen molar-refractivity contribution in [2.24, 2.45) is 34.5 Å². The minimum atomic E-state index is -0.0735. The molecule has 0 aromatic heterocycles. The molecule has 3 fully saturated rings. The second-order valence-electron chi connectivity index (χ2n) is 10.8. The van der Waals surface area contributed by atoms with Crippen molar-refractivity contribution >= 4 is 11.6 Å². The smallest absolute Gasteiger partial charge is 0.140 e. The van der Waals surface area contributed by atoms with Gasteiger partial charge in [-0.25, -0.2) is 0 Å². The maximum absolute atomic E-state index is 13.1. The molecule has 3 saturated carbocycles. The van der Waals surface area contributed by atoms with Gasteiger partial charge in [0.15, 0.2) is 0 Å². The summed E-state index contributed by atoms with van der Waals surface area (Å²) in [4.78, 5) is 25.8. The molecule has 0 heterocycles. The van der Waals surface area contributed by atoms with E-state index in [1.165, 1.54) is 17.6 Å². The number of rotatable bonds is 2. The number of carbonyl (C=O) groups excluding carboxylic acids is 2. The Bertz CT molecular complexity index is 853. The van der Waals surface area contributed by atoms with Crippen molar-refractivity contribution in [1.29, 1.82) is 0 Å². The van der Waals surface area contributed by atoms with E-state index in [2.05, 4.69) is 44.2 Å². The Hall–Kier alpha value is -1.70. The molecule has 2 heteroatoms. The van der Waals surface area contributed by atoms with Crippen LogP contribution in [0.1, 0.15) is 70.8 Å². The van der Waals surface area contributed by atoms with Gasteiger partial charge in [-0.1, -0.05) is 55.8 Å². The molecule has 0 bridgehead atoms. The molecule has 0 amide bonds. The van der Waals surface area contributed by atoms with Gasteiger partial charge in [-0.2, -0.15) is 0 Å². The van der Waals surface area contributed by atoms with Crippen molar-refractivity contribution in [3.8, 4) is 0 Å². The number of Topliss-reactive ketones (excluding diaryl/α,β-unsaturated/α-hetero) is 2. The second-order valence-corrected chi connectivity index (χ2v) is 10.8. The predicted octanol–water partition coefficient (Wildman–Crippen LogP) is 5.95. The van der Waals surface area contributed by atoms with Gasteiger partial charge in [0.1, 0.15) is 11.6 Å². The van der Waals surface area contributed by atoms with Gasteiger partial charge in [0.2, 0.25) is 0 Å². The van der Waals surface area contributed by atoms with Crippen LogP contribution in [0.25, 0.3) is 0 Å². The van der Waals surface area contributed by atoms with Crippen LogP contribution in [-0.2, 0) is 16.0 Å². The van der Waals surface area contributed by atoms with Gasteiger partial charge in [0.25, 0.3) is 0 Å². The lowest BCUT2D eigenvalue weighted by Crippen LogP contribution is -2.49. The average molecular weight is 391 g/mol. The molecule has 29 heavy (non-hydrogen) atoms. The Morgan fingerprint density at radius 3 is 2.52 bits per heavy atom. The molecule has 1 aromatic rings. The van der Waals surface area contributed by atoms with E-state index in [0.29, 0.717) is 35.7 Å². The topological polar surface area (TPSA) is 34.1 Å². The summed E-state index contributed by atoms with van der Waals surface area (Å²) >= 11 is 0. The van der Waals surface area contributed by atoms with E-state index in [4.69, 9.17) is 0 Å². The highest BCUT2D eigenvalue weighted by Crippen LogP contribution is 2.63. The zero-order valence-electron chi connectivity index (χ0n) is 18.0. The molecule has 5 rings (SSSR count). The molecular weight excluding hydrogens is 356 g/mol. The van der Waals surface area contributed by atoms with Gasteiger partial charge < -0.3 is 0 Å². The van der Waals surface area contributed by atoms with Crippen LogP contribution in [0.5, 0.6) is 0 Å². The number of fused-ring (bicyclic) bond motifs is 5. The first kappa shape index (κ1) is 19.3. The molecule has 0 aliphatic heterocycles. The average Bonchev–Trinajstić information content (AvgIpc) is 2.93. The third-order valence-corrected chi connectivity index (χ3v) is 9.40. The summed E-state index contributed by atoms with van der Waals surface area (Å²) in [5.74, 6) is 2.92. The van der Waals surface area contributed by atoms with E-state index in [1.54, 1.807) is 0 Å². The fourth-order valence-electron chi connectivity index (χ4n) is 7.77. The summed E-state index contributed by atoms with van der Waals surface area (Å²) in [7, 11) is 0. The summed E-state index contributed by atoms with van der Waals surface area (Å²) in [6.45, 7) is 4.72. The number of benzene rings is 1. The third kappa shape index (κ3) is 2.97. The molecule has 0 N–H and O–H groups in total. The SMILES string of the molecule is CC12CCC3C(CCC=C4CC(=O)C(Cc5ccccc5)CC43C)C1CCC2=O. The number of carbonyl (C=O) groups is 2. The lowest BCUT2D eigenvalue weighted by Gasteiger charge is -2.54. The van der Waals surface area contributed by atoms with Crippen LogP contribution in [0.3, 0.4) is 0 Å². The summed E-state index contributed by atoms with van der Waals surface area (Å²) in [5, 5.41) is 0. The van der Waals surface area contributed by atoms with Gasteiger partial charge in [0, 0.05) is 24.2 Å². The predicted molar refractivity (Wildman–Crippen MR) is 115 cm³/mol. The van der Waals surface area contributed by atoms with Gasteiger partial charge in [-0.15, -0.1) is 0 Å². The van der Waals surface area contributed by atoms with Crippen molar-refractivity contribution in [2.75, 3.05) is 0 Å². The monoisotopic (exact) mass is 390 g/mol. The molecule has 4 aliphatic carbocycles. The standard InChI is InChI=1S/C27H34O2/c1-26-14-13-23-21(22(26)11-12-25(26)29)10-6-9-20-16-24(28)19(17-27(20,23)2)15-18-7-4-3-5-8-18/h3-5,7-9,19,21-23H,6,10-17H2,1-2H3. The number of allylic oxidation sites excluding steroid dienone is 2. The van der Waals surface area contributed by atoms with Crippen LogP contribution in [0.2, 0.25) is 0 Å². The highest BCUT2D eigenvalue weighted by molar-refractivity contribution is 5.87. The van der Waals surface area contributed by atoms with Crippen LogP contribution < -0.4 is 0 Å². The van der Waals surface area contributed by atoms with Crippen LogP contribution in [0.15, 0.2) is 42.0 Å². The highest BCUT2D eigenvalue weighted by atomic mass is 16.1. The Labute approximate surface area is 175 Å². The number of ketones is 2. The van der Waals surface area contributed by atoms with Crippen molar-refractivity contribution in [3.05, 3.63) is 47.5 Å². The molecule has 154 valence electrons. The summed E-state index contributed by atoms with van der Waals surface area (Å²) in [6, 6.07) is 10.5. The van der Waals surface area contributed by atoms with Gasteiger partial charge in [-0.05, 0) is 73.7 Å². The Morgan fingerprint density at radius 1 is 0.966 bits per heavy atom. The fourth-order valence-corrected chi connectivity index (χ4v) is 7.77. The van der Waals surface area contributed by atoms with E-state index >= 15 is 0 Å². The van der Waals surface area contributed by atoms with Crippen molar-refractivity contribution in [1.82, 2.24) is 0 Å². The quantitative estimate of drug-likeness (QED) is 0.585. The minimum absolute atomic E-state index is 0.0735. The van der Waals surface area contributed by atoms with E-state index < -0.39 is 0 Å². The van der Waals surface area contributed by atoms with Crippen LogP contribution in [0, 0.1) is 34.5 Å². The third-order valence-electron chi connectivity index (χ3n) is 9.40. The number of hydrogen-bond acceptors (Lipinski definition) is 2. The van der Waals surface area contributed by atoms with Crippen LogP contribution in [0.4, 0.5) is 0 Å². The lowest BCUT2D eigenvalue weighted by atomic mass is 9.50. The zero-order chi connectivity index (χ0) is 20.2. The molecule has 0 saturated heterocycles. The minimum Gasteiger partial charge on any atom is -0.299 e. The van der Waals surface area contributed by atoms with Crippen molar-refractivity contribution in [3.63, 3.8) is 0 Å². The molecule has 4 aliphatic rings. The summed E-state index contributed by atoms with van der Waals surface area (Å²) < 4.78 is 0. The largest absolute Gasteiger partial charge is 0.299 e. The van der Waals surface area contributed by atoms with Crippen LogP contribution in [-0.4, -0.2) is 11.6 Å². The maximum Gasteiger partial charge on any atom is 0.140 e. The molecule has 2 nitrogen and oxygen atoms in total. The van der Waals surface area contributed by atoms with E-state index in [9.17, 15) is 9.59 Å². The van der Waals surface area contributed by atoms with Gasteiger partial charge >= 0.3 is 0 Å². The number of hydrogen-bond donors (Lipinski definition) is 0. The molecule has 6 unspecified atom stereocenters. The highest BCUT2D eigenvalue weighted by Gasteiger charge is 2.58. The van der Waals surface area contributed by atoms with E-state index in [-0.39, 0.29) is 16.7 Å². The second kappa shape index (κ2) is 6.93. The molecule has 0 spiro atoms. The first-order chi connectivity index (χ1) is 13.9. The van der Waals surface area contributed by atoms with E-state index in [1.807, 2.05) is 6.07 Å². The van der Waals surface area contributed by atoms with Gasteiger partial charge in [0.05, 0.1) is 0 Å². The Balaban J connectivity index is 1.45. The maximum atomic E-state index is 13.1. The normalized spacial score (nSPS) is 41.8. The van der Waals surface area contributed by atoms with E-state index in [0.717, 1.165) is 44.9 Å². The lowest BCUT2D eigenvalue weighted by molar-refractivity contribution is -0.132. The first-order valence-corrected chi connectivity index (χ1v) is 11.7. The molecule has 0 radical (unpaired) electrons. The Kier molecular flexibility index (Phi) is 4.60.